The third kappa shape index (κ3) is 5.93. The summed E-state index contributed by atoms with van der Waals surface area (Å²) in [5.41, 5.74) is 7.66. The zero-order valence-corrected chi connectivity index (χ0v) is 18.4. The third-order valence-corrected chi connectivity index (χ3v) is 6.70. The van der Waals surface area contributed by atoms with Gasteiger partial charge in [0.15, 0.2) is 0 Å². The summed E-state index contributed by atoms with van der Waals surface area (Å²) in [5, 5.41) is 10.6. The number of hydrogen-bond acceptors (Lipinski definition) is 4. The molecule has 168 valence electrons. The molecule has 1 heterocycles. The van der Waals surface area contributed by atoms with Crippen LogP contribution >= 0.6 is 0 Å². The molecule has 7 heteroatoms. The molecule has 2 aliphatic rings. The Morgan fingerprint density at radius 2 is 1.81 bits per heavy atom. The lowest BCUT2D eigenvalue weighted by Crippen LogP contribution is -2.60. The van der Waals surface area contributed by atoms with Gasteiger partial charge in [-0.1, -0.05) is 43.5 Å². The molecule has 1 aromatic carbocycles. The van der Waals surface area contributed by atoms with Crippen LogP contribution in [0.3, 0.4) is 0 Å². The summed E-state index contributed by atoms with van der Waals surface area (Å²) < 4.78 is 0. The Morgan fingerprint density at radius 3 is 2.35 bits per heavy atom. The quantitative estimate of drug-likeness (QED) is 0.527. The molecule has 1 saturated heterocycles. The lowest BCUT2D eigenvalue weighted by atomic mass is 9.76. The van der Waals surface area contributed by atoms with E-state index in [-0.39, 0.29) is 36.0 Å². The molecule has 7 nitrogen and oxygen atoms in total. The fourth-order valence-corrected chi connectivity index (χ4v) is 4.71. The molecule has 0 aromatic heterocycles. The molecule has 3 rings (SSSR count). The minimum absolute atomic E-state index is 0.00496. The monoisotopic (exact) mass is 426 g/mol. The highest BCUT2D eigenvalue weighted by Gasteiger charge is 2.42. The van der Waals surface area contributed by atoms with Crippen molar-refractivity contribution in [3.8, 4) is 0 Å². The number of primary amides is 1. The van der Waals surface area contributed by atoms with E-state index in [1.807, 2.05) is 24.3 Å². The van der Waals surface area contributed by atoms with Crippen LogP contribution in [-0.2, 0) is 20.9 Å². The highest BCUT2D eigenvalue weighted by molar-refractivity contribution is 5.96. The second-order valence-electron chi connectivity index (χ2n) is 8.89. The molecule has 0 unspecified atom stereocenters. The van der Waals surface area contributed by atoms with Crippen LogP contribution in [-0.4, -0.2) is 40.9 Å². The van der Waals surface area contributed by atoms with Crippen LogP contribution in [0.5, 0.6) is 0 Å². The lowest BCUT2D eigenvalue weighted by Gasteiger charge is -2.43. The molecule has 1 aromatic rings. The molecule has 0 spiro atoms. The van der Waals surface area contributed by atoms with Crippen molar-refractivity contribution in [2.24, 2.45) is 17.6 Å². The summed E-state index contributed by atoms with van der Waals surface area (Å²) in [6.07, 6.45) is 6.79. The van der Waals surface area contributed by atoms with E-state index in [1.165, 1.54) is 6.42 Å². The Bertz CT molecular complexity index is 815. The SMILES string of the molecule is CC(=N)c1ccc(CNC(=O)[C@@H]2CCN2C(=O)[C@H](CCC(N)=O)C2CCCCC2)cc1. The van der Waals surface area contributed by atoms with E-state index in [2.05, 4.69) is 5.32 Å². The Kier molecular flexibility index (Phi) is 7.82. The van der Waals surface area contributed by atoms with Gasteiger partial charge < -0.3 is 21.4 Å². The molecular weight excluding hydrogens is 392 g/mol. The number of nitrogens with one attached hydrogen (secondary N) is 2. The average molecular weight is 427 g/mol. The molecule has 1 aliphatic heterocycles. The van der Waals surface area contributed by atoms with Crippen LogP contribution in [0.4, 0.5) is 0 Å². The Hall–Kier alpha value is -2.70. The number of carbonyl (C=O) groups excluding carboxylic acids is 3. The van der Waals surface area contributed by atoms with Crippen molar-refractivity contribution in [3.63, 3.8) is 0 Å². The van der Waals surface area contributed by atoms with Crippen LogP contribution in [0, 0.1) is 17.2 Å². The van der Waals surface area contributed by atoms with Gasteiger partial charge in [-0.2, -0.15) is 0 Å². The van der Waals surface area contributed by atoms with Crippen LogP contribution in [0.25, 0.3) is 0 Å². The van der Waals surface area contributed by atoms with Crippen LogP contribution in [0.1, 0.15) is 69.4 Å². The average Bonchev–Trinajstić information content (AvgIpc) is 2.72. The topological polar surface area (TPSA) is 116 Å². The number of benzene rings is 1. The normalized spacial score (nSPS) is 19.9. The van der Waals surface area contributed by atoms with E-state index in [1.54, 1.807) is 11.8 Å². The highest BCUT2D eigenvalue weighted by atomic mass is 16.2. The maximum atomic E-state index is 13.3. The van der Waals surface area contributed by atoms with Crippen LogP contribution < -0.4 is 11.1 Å². The van der Waals surface area contributed by atoms with Gasteiger partial charge >= 0.3 is 0 Å². The van der Waals surface area contributed by atoms with E-state index in [9.17, 15) is 14.4 Å². The van der Waals surface area contributed by atoms with Gasteiger partial charge in [0.1, 0.15) is 6.04 Å². The summed E-state index contributed by atoms with van der Waals surface area (Å²) in [6, 6.07) is 7.11. The number of carbonyl (C=O) groups is 3. The fraction of sp³-hybridized carbons (Fsp3) is 0.583. The van der Waals surface area contributed by atoms with Crippen molar-refractivity contribution in [1.29, 1.82) is 5.41 Å². The summed E-state index contributed by atoms with van der Waals surface area (Å²) in [4.78, 5) is 39.1. The first-order valence-corrected chi connectivity index (χ1v) is 11.4. The fourth-order valence-electron chi connectivity index (χ4n) is 4.71. The highest BCUT2D eigenvalue weighted by Crippen LogP contribution is 2.35. The maximum Gasteiger partial charge on any atom is 0.243 e. The number of hydrogen-bond donors (Lipinski definition) is 3. The molecule has 3 amide bonds. The van der Waals surface area contributed by atoms with Gasteiger partial charge in [-0.3, -0.25) is 14.4 Å². The van der Waals surface area contributed by atoms with Crippen LogP contribution in [0.15, 0.2) is 24.3 Å². The Labute approximate surface area is 184 Å². The van der Waals surface area contributed by atoms with E-state index in [0.29, 0.717) is 31.6 Å². The van der Waals surface area contributed by atoms with Crippen molar-refractivity contribution < 1.29 is 14.4 Å². The zero-order valence-electron chi connectivity index (χ0n) is 18.4. The first-order chi connectivity index (χ1) is 14.9. The first-order valence-electron chi connectivity index (χ1n) is 11.4. The molecule has 0 radical (unpaired) electrons. The molecule has 1 saturated carbocycles. The minimum Gasteiger partial charge on any atom is -0.370 e. The number of nitrogens with two attached hydrogens (primary N) is 1. The van der Waals surface area contributed by atoms with E-state index in [0.717, 1.165) is 36.8 Å². The van der Waals surface area contributed by atoms with Crippen molar-refractivity contribution in [2.45, 2.75) is 70.9 Å². The molecular formula is C24H34N4O3. The third-order valence-electron chi connectivity index (χ3n) is 6.70. The summed E-state index contributed by atoms with van der Waals surface area (Å²) in [6.45, 7) is 2.72. The number of likely N-dealkylation sites (tertiary alicyclic amines) is 1. The second-order valence-corrected chi connectivity index (χ2v) is 8.89. The van der Waals surface area contributed by atoms with Gasteiger partial charge in [0.25, 0.3) is 0 Å². The van der Waals surface area contributed by atoms with Crippen molar-refractivity contribution in [1.82, 2.24) is 10.2 Å². The van der Waals surface area contributed by atoms with Crippen molar-refractivity contribution >= 4 is 23.4 Å². The smallest absolute Gasteiger partial charge is 0.243 e. The second kappa shape index (κ2) is 10.6. The minimum atomic E-state index is -0.435. The standard InChI is InChI=1S/C24H34N4O3/c1-16(25)18-9-7-17(8-10-18)15-27-23(30)21-13-14-28(21)24(31)20(11-12-22(26)29)19-5-3-2-4-6-19/h7-10,19-21,25H,2-6,11-15H2,1H3,(H2,26,29)(H,27,30)/t20-,21+/m1/s1. The van der Waals surface area contributed by atoms with Gasteiger partial charge in [0.2, 0.25) is 17.7 Å². The maximum absolute atomic E-state index is 13.3. The van der Waals surface area contributed by atoms with Gasteiger partial charge in [-0.05, 0) is 49.7 Å². The number of rotatable bonds is 9. The molecule has 2 fully saturated rings. The van der Waals surface area contributed by atoms with Gasteiger partial charge in [0, 0.05) is 31.1 Å². The summed E-state index contributed by atoms with van der Waals surface area (Å²) in [7, 11) is 0. The van der Waals surface area contributed by atoms with E-state index in [4.69, 9.17) is 11.1 Å². The predicted molar refractivity (Wildman–Crippen MR) is 119 cm³/mol. The lowest BCUT2D eigenvalue weighted by molar-refractivity contribution is -0.152. The number of amides is 3. The van der Waals surface area contributed by atoms with Crippen molar-refractivity contribution in [3.05, 3.63) is 35.4 Å². The van der Waals surface area contributed by atoms with Gasteiger partial charge in [0.05, 0.1) is 0 Å². The molecule has 31 heavy (non-hydrogen) atoms. The zero-order chi connectivity index (χ0) is 22.4. The summed E-state index contributed by atoms with van der Waals surface area (Å²) in [5.74, 6) is -0.452. The largest absolute Gasteiger partial charge is 0.370 e. The molecule has 4 N–H and O–H groups in total. The number of nitrogens with zero attached hydrogens (tertiary/aromatic N) is 1. The van der Waals surface area contributed by atoms with Crippen molar-refractivity contribution in [2.75, 3.05) is 6.54 Å². The van der Waals surface area contributed by atoms with Crippen LogP contribution in [0.2, 0.25) is 0 Å². The summed E-state index contributed by atoms with van der Waals surface area (Å²) >= 11 is 0. The van der Waals surface area contributed by atoms with Gasteiger partial charge in [-0.15, -0.1) is 0 Å². The first kappa shape index (κ1) is 23.0. The van der Waals surface area contributed by atoms with E-state index >= 15 is 0 Å². The predicted octanol–water partition coefficient (Wildman–Crippen LogP) is 2.75. The molecule has 2 atom stereocenters. The molecule has 0 bridgehead atoms. The van der Waals surface area contributed by atoms with Gasteiger partial charge in [-0.25, -0.2) is 0 Å². The Morgan fingerprint density at radius 1 is 1.13 bits per heavy atom. The Balaban J connectivity index is 1.58. The van der Waals surface area contributed by atoms with E-state index < -0.39 is 6.04 Å². The molecule has 1 aliphatic carbocycles.